The van der Waals surface area contributed by atoms with Gasteiger partial charge in [0.25, 0.3) is 0 Å². The fraction of sp³-hybridized carbons (Fsp3) is 0.450. The Hall–Kier alpha value is -3.18. The minimum Gasteiger partial charge on any atom is -0.354 e. The van der Waals surface area contributed by atoms with Crippen LogP contribution in [0.4, 0.5) is 0 Å². The number of halogens is 2. The SMILES string of the molecule is Cc1cc(C)cc(-c2[nH]c3ccc(C(C)(C)C(=O)N4CCCC4)cc3c2C2CCCN(C(=NC#N)N3CCC(c4ccncc4)C3)C2)c1.II. The van der Waals surface area contributed by atoms with Gasteiger partial charge in [0.2, 0.25) is 18.1 Å². The number of benzene rings is 2. The molecular weight excluding hydrogens is 848 g/mol. The van der Waals surface area contributed by atoms with Crippen molar-refractivity contribution in [3.05, 3.63) is 88.7 Å². The Morgan fingerprint density at radius 1 is 0.880 bits per heavy atom. The number of nitrogens with zero attached hydrogens (tertiary/aromatic N) is 6. The van der Waals surface area contributed by atoms with Crippen LogP contribution in [0.2, 0.25) is 0 Å². The molecule has 0 radical (unpaired) electrons. The van der Waals surface area contributed by atoms with E-state index in [9.17, 15) is 10.1 Å². The molecule has 5 heterocycles. The standard InChI is InChI=1S/C40H47N7O.I2/c1-27-20-28(2)22-32(21-27)37-36(34-23-33(9-10-35(34)44-37)40(3,4)38(48)45-16-5-6-17-45)31-8-7-18-46(25-31)39(43-26-41)47-19-13-30(24-47)29-11-14-42-15-12-29;1-2/h9-12,14-15,20-23,30-31,44H,5-8,13,16-19,24-25H2,1-4H3;. The average molecular weight is 896 g/mol. The molecule has 4 aromatic rings. The molecule has 2 aromatic heterocycles. The third kappa shape index (κ3) is 7.54. The van der Waals surface area contributed by atoms with E-state index in [1.807, 2.05) is 17.3 Å². The highest BCUT2D eigenvalue weighted by Gasteiger charge is 2.37. The van der Waals surface area contributed by atoms with Crippen molar-refractivity contribution in [1.82, 2.24) is 24.7 Å². The number of guanidine groups is 1. The maximum absolute atomic E-state index is 13.8. The van der Waals surface area contributed by atoms with Crippen LogP contribution in [0, 0.1) is 25.3 Å². The lowest BCUT2D eigenvalue weighted by Gasteiger charge is -2.38. The highest BCUT2D eigenvalue weighted by Crippen LogP contribution is 2.42. The van der Waals surface area contributed by atoms with Crippen LogP contribution in [0.1, 0.15) is 85.6 Å². The van der Waals surface area contributed by atoms with E-state index in [0.29, 0.717) is 5.92 Å². The maximum atomic E-state index is 13.8. The van der Waals surface area contributed by atoms with Crippen molar-refractivity contribution in [2.24, 2.45) is 4.99 Å². The molecule has 3 aliphatic heterocycles. The molecule has 1 N–H and O–H groups in total. The predicted octanol–water partition coefficient (Wildman–Crippen LogP) is 9.02. The smallest absolute Gasteiger partial charge is 0.232 e. The van der Waals surface area contributed by atoms with Gasteiger partial charge in [0.1, 0.15) is 0 Å². The number of aromatic amines is 1. The third-order valence-electron chi connectivity index (χ3n) is 10.9. The van der Waals surface area contributed by atoms with Crippen molar-refractivity contribution in [1.29, 1.82) is 5.26 Å². The van der Waals surface area contributed by atoms with E-state index in [4.69, 9.17) is 0 Å². The molecule has 3 fully saturated rings. The minimum absolute atomic E-state index is 0.211. The van der Waals surface area contributed by atoms with Crippen LogP contribution < -0.4 is 0 Å². The lowest BCUT2D eigenvalue weighted by molar-refractivity contribution is -0.135. The number of nitrogens with one attached hydrogen (secondary N) is 1. The van der Waals surface area contributed by atoms with Gasteiger partial charge in [0, 0.05) is 112 Å². The summed E-state index contributed by atoms with van der Waals surface area (Å²) in [6.45, 7) is 13.5. The van der Waals surface area contributed by atoms with Crippen LogP contribution in [-0.2, 0) is 10.2 Å². The first-order valence-corrected chi connectivity index (χ1v) is 24.1. The molecule has 7 rings (SSSR count). The van der Waals surface area contributed by atoms with Crippen LogP contribution in [0.15, 0.2) is 65.9 Å². The topological polar surface area (TPSA) is 91.6 Å². The Kier molecular flexibility index (Phi) is 11.7. The van der Waals surface area contributed by atoms with Crippen molar-refractivity contribution in [2.75, 3.05) is 39.3 Å². The number of carbonyl (C=O) groups excluding carboxylic acids is 1. The number of amides is 1. The van der Waals surface area contributed by atoms with Crippen LogP contribution in [-0.4, -0.2) is 75.8 Å². The van der Waals surface area contributed by atoms with E-state index in [1.165, 1.54) is 33.2 Å². The Balaban J connectivity index is 0.00000212. The van der Waals surface area contributed by atoms with Gasteiger partial charge in [0.05, 0.1) is 11.1 Å². The summed E-state index contributed by atoms with van der Waals surface area (Å²) in [7, 11) is 0. The highest BCUT2D eigenvalue weighted by molar-refractivity contribution is 15.0. The first-order valence-electron chi connectivity index (χ1n) is 17.8. The van der Waals surface area contributed by atoms with Gasteiger partial charge in [-0.3, -0.25) is 9.78 Å². The fourth-order valence-corrected chi connectivity index (χ4v) is 8.44. The summed E-state index contributed by atoms with van der Waals surface area (Å²) in [4.78, 5) is 33.0. The van der Waals surface area contributed by atoms with Crippen LogP contribution in [0.25, 0.3) is 22.2 Å². The number of fused-ring (bicyclic) bond motifs is 1. The first kappa shape index (κ1) is 36.6. The second-order valence-corrected chi connectivity index (χ2v) is 14.7. The zero-order valence-electron chi connectivity index (χ0n) is 29.6. The number of likely N-dealkylation sites (tertiary alicyclic amines) is 3. The molecule has 2 atom stereocenters. The number of aromatic nitrogens is 2. The van der Waals surface area contributed by atoms with E-state index in [1.54, 1.807) is 0 Å². The van der Waals surface area contributed by atoms with Gasteiger partial charge in [-0.05, 0) is 118 Å². The molecule has 50 heavy (non-hydrogen) atoms. The highest BCUT2D eigenvalue weighted by atomic mass is 128. The third-order valence-corrected chi connectivity index (χ3v) is 10.9. The Labute approximate surface area is 320 Å². The van der Waals surface area contributed by atoms with Gasteiger partial charge < -0.3 is 19.7 Å². The fourth-order valence-electron chi connectivity index (χ4n) is 8.44. The number of hydrogen-bond acceptors (Lipinski definition) is 4. The largest absolute Gasteiger partial charge is 0.354 e. The van der Waals surface area contributed by atoms with Gasteiger partial charge in [0.15, 0.2) is 0 Å². The number of H-pyrrole nitrogens is 1. The van der Waals surface area contributed by atoms with Gasteiger partial charge in [-0.1, -0.05) is 23.3 Å². The van der Waals surface area contributed by atoms with Gasteiger partial charge in [-0.2, -0.15) is 5.26 Å². The number of rotatable bonds is 5. The van der Waals surface area contributed by atoms with Crippen molar-refractivity contribution in [3.63, 3.8) is 0 Å². The minimum atomic E-state index is -0.626. The summed E-state index contributed by atoms with van der Waals surface area (Å²) in [6, 6.07) is 17.6. The number of piperidine rings is 1. The van der Waals surface area contributed by atoms with Gasteiger partial charge in [-0.15, -0.1) is 4.99 Å². The summed E-state index contributed by atoms with van der Waals surface area (Å²) in [5.74, 6) is 1.62. The second-order valence-electron chi connectivity index (χ2n) is 14.7. The maximum Gasteiger partial charge on any atom is 0.232 e. The quantitative estimate of drug-likeness (QED) is 0.0936. The monoisotopic (exact) mass is 895 g/mol. The summed E-state index contributed by atoms with van der Waals surface area (Å²) in [5, 5.41) is 11.0. The number of pyridine rings is 1. The number of carbonyl (C=O) groups is 1. The predicted molar refractivity (Wildman–Crippen MR) is 220 cm³/mol. The van der Waals surface area contributed by atoms with E-state index in [0.717, 1.165) is 94.1 Å². The normalized spacial score (nSPS) is 19.8. The molecule has 0 spiro atoms. The van der Waals surface area contributed by atoms with Crippen LogP contribution in [0.5, 0.6) is 0 Å². The second kappa shape index (κ2) is 16.0. The molecule has 3 saturated heterocycles. The summed E-state index contributed by atoms with van der Waals surface area (Å²) >= 11 is 4.24. The Morgan fingerprint density at radius 3 is 2.24 bits per heavy atom. The summed E-state index contributed by atoms with van der Waals surface area (Å²) < 4.78 is 0. The van der Waals surface area contributed by atoms with Gasteiger partial charge >= 0.3 is 0 Å². The van der Waals surface area contributed by atoms with Gasteiger partial charge in [-0.25, -0.2) is 0 Å². The lowest BCUT2D eigenvalue weighted by Crippen LogP contribution is -2.47. The zero-order valence-corrected chi connectivity index (χ0v) is 33.9. The summed E-state index contributed by atoms with van der Waals surface area (Å²) in [6.07, 6.45) is 11.1. The van der Waals surface area contributed by atoms with Crippen LogP contribution >= 0.6 is 37.2 Å². The van der Waals surface area contributed by atoms with E-state index >= 15 is 0 Å². The first-order chi connectivity index (χ1) is 24.2. The van der Waals surface area contributed by atoms with E-state index < -0.39 is 5.41 Å². The molecule has 2 aromatic carbocycles. The zero-order chi connectivity index (χ0) is 35.4. The van der Waals surface area contributed by atoms with Crippen molar-refractivity contribution < 1.29 is 4.79 Å². The molecular formula is C40H47I2N7O. The molecule has 10 heteroatoms. The molecule has 3 aliphatic rings. The molecule has 0 bridgehead atoms. The number of aliphatic imine (C=N–C) groups is 1. The Morgan fingerprint density at radius 2 is 1.54 bits per heavy atom. The van der Waals surface area contributed by atoms with E-state index in [2.05, 4.69) is 144 Å². The van der Waals surface area contributed by atoms with Crippen LogP contribution in [0.3, 0.4) is 0 Å². The van der Waals surface area contributed by atoms with Crippen molar-refractivity contribution >= 4 is 60.0 Å². The lowest BCUT2D eigenvalue weighted by atomic mass is 9.81. The average Bonchev–Trinajstić information content (AvgIpc) is 3.92. The molecule has 2 unspecified atom stereocenters. The molecule has 1 amide bonds. The van der Waals surface area contributed by atoms with Crippen molar-refractivity contribution in [3.8, 4) is 17.5 Å². The van der Waals surface area contributed by atoms with E-state index in [-0.39, 0.29) is 11.8 Å². The molecule has 262 valence electrons. The molecule has 0 saturated carbocycles. The Bertz CT molecular complexity index is 1870. The number of aryl methyl sites for hydroxylation is 2. The number of hydrogen-bond donors (Lipinski definition) is 1. The molecule has 0 aliphatic carbocycles. The molecule has 8 nitrogen and oxygen atoms in total. The summed E-state index contributed by atoms with van der Waals surface area (Å²) in [5.41, 5.74) is 8.93. The van der Waals surface area contributed by atoms with Crippen molar-refractivity contribution in [2.45, 2.75) is 77.0 Å². The number of nitriles is 1.